The Morgan fingerprint density at radius 2 is 2.12 bits per heavy atom. The van der Waals surface area contributed by atoms with Gasteiger partial charge in [-0.2, -0.15) is 5.26 Å². The number of aryl methyl sites for hydroxylation is 2. The first-order valence-electron chi connectivity index (χ1n) is 6.24. The molecule has 0 unspecified atom stereocenters. The molecule has 0 fully saturated rings. The number of imidazole rings is 1. The predicted molar refractivity (Wildman–Crippen MR) is 63.1 cm³/mol. The number of fused-ring (bicyclic) bond motifs is 1. The zero-order chi connectivity index (χ0) is 11.4. The number of aromatic nitrogens is 2. The maximum absolute atomic E-state index is 8.50. The molecule has 0 amide bonds. The molecule has 1 aromatic rings. The third kappa shape index (κ3) is 2.27. The Morgan fingerprint density at radius 1 is 1.31 bits per heavy atom. The third-order valence-corrected chi connectivity index (χ3v) is 3.34. The average Bonchev–Trinajstić information content (AvgIpc) is 2.61. The van der Waals surface area contributed by atoms with E-state index in [2.05, 4.69) is 22.5 Å². The number of nitrogens with zero attached hydrogens (tertiary/aromatic N) is 3. The first kappa shape index (κ1) is 11.2. The van der Waals surface area contributed by atoms with Gasteiger partial charge in [0.05, 0.1) is 11.8 Å². The summed E-state index contributed by atoms with van der Waals surface area (Å²) in [6.07, 6.45) is 7.71. The van der Waals surface area contributed by atoms with Gasteiger partial charge in [0.25, 0.3) is 0 Å². The summed E-state index contributed by atoms with van der Waals surface area (Å²) in [5.41, 5.74) is 2.78. The minimum absolute atomic E-state index is 0.677. The van der Waals surface area contributed by atoms with Crippen molar-refractivity contribution in [1.29, 1.82) is 5.26 Å². The molecule has 1 aromatic heterocycles. The fraction of sp³-hybridized carbons (Fsp3) is 0.692. The zero-order valence-electron chi connectivity index (χ0n) is 10.00. The van der Waals surface area contributed by atoms with E-state index in [4.69, 9.17) is 5.26 Å². The number of unbranched alkanes of at least 4 members (excludes halogenated alkanes) is 2. The van der Waals surface area contributed by atoms with Gasteiger partial charge in [-0.3, -0.25) is 0 Å². The van der Waals surface area contributed by atoms with Crippen molar-refractivity contribution in [2.75, 3.05) is 0 Å². The molecule has 0 saturated carbocycles. The van der Waals surface area contributed by atoms with Gasteiger partial charge in [-0.15, -0.1) is 0 Å². The van der Waals surface area contributed by atoms with Crippen molar-refractivity contribution < 1.29 is 0 Å². The van der Waals surface area contributed by atoms with Crippen LogP contribution in [-0.2, 0) is 19.4 Å². The van der Waals surface area contributed by atoms with Crippen molar-refractivity contribution in [3.05, 3.63) is 17.2 Å². The maximum Gasteiger partial charge on any atom is 0.106 e. The van der Waals surface area contributed by atoms with Gasteiger partial charge in [0.2, 0.25) is 0 Å². The summed E-state index contributed by atoms with van der Waals surface area (Å²) in [4.78, 5) is 4.65. The van der Waals surface area contributed by atoms with Crippen LogP contribution in [0.3, 0.4) is 0 Å². The molecule has 3 heteroatoms. The fourth-order valence-corrected chi connectivity index (χ4v) is 2.51. The van der Waals surface area contributed by atoms with Crippen molar-refractivity contribution in [3.8, 4) is 6.07 Å². The minimum Gasteiger partial charge on any atom is -0.332 e. The first-order chi connectivity index (χ1) is 7.83. The van der Waals surface area contributed by atoms with Crippen LogP contribution in [0, 0.1) is 18.3 Å². The van der Waals surface area contributed by atoms with E-state index in [9.17, 15) is 0 Å². The van der Waals surface area contributed by atoms with Gasteiger partial charge in [0.15, 0.2) is 0 Å². The highest BCUT2D eigenvalue weighted by Gasteiger charge is 2.17. The summed E-state index contributed by atoms with van der Waals surface area (Å²) in [7, 11) is 0. The van der Waals surface area contributed by atoms with Crippen molar-refractivity contribution in [2.45, 2.75) is 58.4 Å². The highest BCUT2D eigenvalue weighted by Crippen LogP contribution is 2.22. The summed E-state index contributed by atoms with van der Waals surface area (Å²) in [5, 5.41) is 8.50. The van der Waals surface area contributed by atoms with Crippen LogP contribution < -0.4 is 0 Å². The van der Waals surface area contributed by atoms with Crippen LogP contribution in [-0.4, -0.2) is 9.55 Å². The van der Waals surface area contributed by atoms with Crippen LogP contribution in [0.1, 0.15) is 49.3 Å². The second-order valence-electron chi connectivity index (χ2n) is 4.53. The second kappa shape index (κ2) is 5.16. The molecule has 1 aliphatic rings. The van der Waals surface area contributed by atoms with E-state index in [-0.39, 0.29) is 0 Å². The fourth-order valence-electron chi connectivity index (χ4n) is 2.51. The van der Waals surface area contributed by atoms with Crippen LogP contribution in [0.25, 0.3) is 0 Å². The van der Waals surface area contributed by atoms with Crippen LogP contribution >= 0.6 is 0 Å². The first-order valence-corrected chi connectivity index (χ1v) is 6.24. The summed E-state index contributed by atoms with van der Waals surface area (Å²) in [6, 6.07) is 2.20. The van der Waals surface area contributed by atoms with Gasteiger partial charge >= 0.3 is 0 Å². The Balaban J connectivity index is 2.03. The Hall–Kier alpha value is -1.30. The molecule has 86 valence electrons. The molecule has 0 radical (unpaired) electrons. The minimum atomic E-state index is 0.677. The topological polar surface area (TPSA) is 41.6 Å². The molecule has 0 aromatic carbocycles. The van der Waals surface area contributed by atoms with Crippen LogP contribution in [0.5, 0.6) is 0 Å². The standard InChI is InChI=1S/C13H19N3/c1-11-15-12-7-3-4-8-13(12)16(11)10-6-2-5-9-14/h2-8,10H2,1H3. The highest BCUT2D eigenvalue weighted by atomic mass is 15.1. The zero-order valence-corrected chi connectivity index (χ0v) is 10.00. The molecule has 0 saturated heterocycles. The predicted octanol–water partition coefficient (Wildman–Crippen LogP) is 2.76. The summed E-state index contributed by atoms with van der Waals surface area (Å²) >= 11 is 0. The molecule has 0 aliphatic heterocycles. The molecule has 1 heterocycles. The normalized spacial score (nSPS) is 14.5. The van der Waals surface area contributed by atoms with Gasteiger partial charge in [-0.25, -0.2) is 4.98 Å². The highest BCUT2D eigenvalue weighted by molar-refractivity contribution is 5.19. The average molecular weight is 217 g/mol. The largest absolute Gasteiger partial charge is 0.332 e. The Bertz CT molecular complexity index is 398. The second-order valence-corrected chi connectivity index (χ2v) is 4.53. The van der Waals surface area contributed by atoms with E-state index >= 15 is 0 Å². The van der Waals surface area contributed by atoms with Gasteiger partial charge in [-0.1, -0.05) is 0 Å². The van der Waals surface area contributed by atoms with Crippen LogP contribution in [0.2, 0.25) is 0 Å². The monoisotopic (exact) mass is 217 g/mol. The van der Waals surface area contributed by atoms with Gasteiger partial charge in [0.1, 0.15) is 5.82 Å². The van der Waals surface area contributed by atoms with Crippen molar-refractivity contribution in [1.82, 2.24) is 9.55 Å². The lowest BCUT2D eigenvalue weighted by Gasteiger charge is -2.14. The van der Waals surface area contributed by atoms with Crippen molar-refractivity contribution in [2.24, 2.45) is 0 Å². The van der Waals surface area contributed by atoms with E-state index in [0.717, 1.165) is 31.6 Å². The SMILES string of the molecule is Cc1nc2c(n1CCCCC#N)CCCC2. The number of rotatable bonds is 4. The van der Waals surface area contributed by atoms with E-state index < -0.39 is 0 Å². The lowest BCUT2D eigenvalue weighted by molar-refractivity contribution is 0.561. The molecule has 0 atom stereocenters. The summed E-state index contributed by atoms with van der Waals surface area (Å²) in [6.45, 7) is 3.14. The van der Waals surface area contributed by atoms with Crippen LogP contribution in [0.4, 0.5) is 0 Å². The smallest absolute Gasteiger partial charge is 0.106 e. The van der Waals surface area contributed by atoms with E-state index in [1.54, 1.807) is 0 Å². The molecular formula is C13H19N3. The Labute approximate surface area is 97.1 Å². The number of hydrogen-bond donors (Lipinski definition) is 0. The molecular weight excluding hydrogens is 198 g/mol. The molecule has 0 N–H and O–H groups in total. The van der Waals surface area contributed by atoms with Crippen molar-refractivity contribution in [3.63, 3.8) is 0 Å². The Kier molecular flexibility index (Phi) is 3.61. The van der Waals surface area contributed by atoms with E-state index in [1.807, 2.05) is 0 Å². The Morgan fingerprint density at radius 3 is 2.94 bits per heavy atom. The molecule has 2 rings (SSSR count). The molecule has 16 heavy (non-hydrogen) atoms. The van der Waals surface area contributed by atoms with Gasteiger partial charge in [-0.05, 0) is 45.4 Å². The molecule has 0 spiro atoms. The van der Waals surface area contributed by atoms with Crippen LogP contribution in [0.15, 0.2) is 0 Å². The summed E-state index contributed by atoms with van der Waals surface area (Å²) < 4.78 is 2.37. The number of nitriles is 1. The van der Waals surface area contributed by atoms with Gasteiger partial charge in [0, 0.05) is 18.7 Å². The summed E-state index contributed by atoms with van der Waals surface area (Å²) in [5.74, 6) is 1.16. The van der Waals surface area contributed by atoms with E-state index in [0.29, 0.717) is 6.42 Å². The quantitative estimate of drug-likeness (QED) is 0.728. The maximum atomic E-state index is 8.50. The lowest BCUT2D eigenvalue weighted by Crippen LogP contribution is -2.09. The molecule has 1 aliphatic carbocycles. The van der Waals surface area contributed by atoms with E-state index in [1.165, 1.54) is 30.7 Å². The molecule has 0 bridgehead atoms. The molecule has 3 nitrogen and oxygen atoms in total. The number of hydrogen-bond acceptors (Lipinski definition) is 2. The van der Waals surface area contributed by atoms with Gasteiger partial charge < -0.3 is 4.57 Å². The van der Waals surface area contributed by atoms with Crippen molar-refractivity contribution >= 4 is 0 Å². The third-order valence-electron chi connectivity index (χ3n) is 3.34. The lowest BCUT2D eigenvalue weighted by atomic mass is 10.0.